The third-order valence-corrected chi connectivity index (χ3v) is 17.9. The van der Waals surface area contributed by atoms with Crippen molar-refractivity contribution in [3.05, 3.63) is 52.1 Å². The molecule has 9 aliphatic rings. The molecule has 6 atom stereocenters. The molecule has 1 aromatic carbocycles. The molecule has 3 aromatic heterocycles. The number of pyridine rings is 1. The minimum Gasteiger partial charge on any atom is -0.464 e. The van der Waals surface area contributed by atoms with E-state index in [1.54, 1.807) is 12.1 Å². The molecule has 11 heterocycles. The molecule has 2 amide bonds. The van der Waals surface area contributed by atoms with E-state index in [0.717, 1.165) is 94.4 Å². The average molecular weight is 1020 g/mol. The maximum Gasteiger partial charge on any atom is 0.325 e. The largest absolute Gasteiger partial charge is 0.464 e. The molecule has 13 rings (SSSR count). The van der Waals surface area contributed by atoms with Crippen LogP contribution in [0.1, 0.15) is 81.8 Å². The predicted octanol–water partition coefficient (Wildman–Crippen LogP) is 4.65. The zero-order chi connectivity index (χ0) is 50.2. The van der Waals surface area contributed by atoms with Crippen LogP contribution < -0.4 is 21.0 Å². The van der Waals surface area contributed by atoms with Gasteiger partial charge in [0.05, 0.1) is 80.3 Å². The average Bonchev–Trinajstić information content (AvgIpc) is 3.96. The van der Waals surface area contributed by atoms with E-state index in [1.165, 1.54) is 11.3 Å². The summed E-state index contributed by atoms with van der Waals surface area (Å²) >= 11 is 1.51. The fourth-order valence-electron chi connectivity index (χ4n) is 12.5. The highest BCUT2D eigenvalue weighted by Gasteiger charge is 2.57. The fourth-order valence-corrected chi connectivity index (χ4v) is 13.5. The predicted molar refractivity (Wildman–Crippen MR) is 274 cm³/mol. The van der Waals surface area contributed by atoms with Crippen molar-refractivity contribution in [1.82, 2.24) is 40.5 Å². The van der Waals surface area contributed by atoms with Gasteiger partial charge in [0.2, 0.25) is 5.91 Å². The summed E-state index contributed by atoms with van der Waals surface area (Å²) in [5.74, 6) is -0.976. The number of anilines is 1. The number of fused-ring (bicyclic) bond motifs is 4. The van der Waals surface area contributed by atoms with E-state index < -0.39 is 29.6 Å². The van der Waals surface area contributed by atoms with Crippen molar-refractivity contribution in [2.75, 3.05) is 97.5 Å². The Balaban J connectivity index is 1.02. The van der Waals surface area contributed by atoms with Crippen LogP contribution in [0.4, 0.5) is 5.69 Å². The van der Waals surface area contributed by atoms with Crippen LogP contribution in [0.5, 0.6) is 0 Å². The number of aromatic nitrogens is 3. The number of esters is 1. The maximum absolute atomic E-state index is 15.4. The quantitative estimate of drug-likeness (QED) is 0.177. The van der Waals surface area contributed by atoms with Gasteiger partial charge < -0.3 is 48.5 Å². The van der Waals surface area contributed by atoms with Crippen LogP contribution in [0.15, 0.2) is 35.8 Å². The standard InChI is InChI=1S/C54H71N9O9S/c1-31-24-71-48(31)49(64)58-45-47(61-26-54(27-61)29-69-30-54)50-57-41(25-73-50)33-6-7-42-38(20-33)40(22-53(3,4)28-72-52(66)44-34-18-35(19-34)63(59-44)51(45)65)46(62(42)14-17-70-37-8-15-68-16-9-37)39-21-36(60-12-10-55-11-13-60)23-56-43(39)32(2)67-5/h6-7,20-21,23,25,31-32,34-35,37,44-45,47-48,55,59H,8-19,22,24,26-30H2,1-5H3,(H,58,64)/t31-,32-,34?,35?,44-,45-,47-,48+/m0/s1. The number of likely N-dealkylation sites (tertiary alicyclic amines) is 1. The molecular weight excluding hydrogens is 951 g/mol. The van der Waals surface area contributed by atoms with E-state index in [-0.39, 0.29) is 59.9 Å². The van der Waals surface area contributed by atoms with Gasteiger partial charge in [-0.25, -0.2) is 10.4 Å². The lowest BCUT2D eigenvalue weighted by molar-refractivity contribution is -0.204. The van der Waals surface area contributed by atoms with Gasteiger partial charge in [0.1, 0.15) is 23.2 Å². The summed E-state index contributed by atoms with van der Waals surface area (Å²) in [6.45, 7) is 17.7. The molecule has 4 aromatic rings. The van der Waals surface area contributed by atoms with Gasteiger partial charge in [0.25, 0.3) is 5.91 Å². The van der Waals surface area contributed by atoms with E-state index in [9.17, 15) is 9.59 Å². The zero-order valence-corrected chi connectivity index (χ0v) is 43.7. The lowest BCUT2D eigenvalue weighted by atomic mass is 9.72. The molecule has 0 unspecified atom stereocenters. The number of nitrogens with zero attached hydrogens (tertiary/aromatic N) is 6. The second-order valence-corrected chi connectivity index (χ2v) is 23.8. The summed E-state index contributed by atoms with van der Waals surface area (Å²) in [5.41, 5.74) is 10.6. The molecular formula is C54H71N9O9S. The molecule has 73 heavy (non-hydrogen) atoms. The Labute approximate surface area is 431 Å². The van der Waals surface area contributed by atoms with Gasteiger partial charge in [0.15, 0.2) is 0 Å². The monoisotopic (exact) mass is 1020 g/mol. The summed E-state index contributed by atoms with van der Waals surface area (Å²) in [5, 5.41) is 12.2. The van der Waals surface area contributed by atoms with Crippen molar-refractivity contribution in [3.63, 3.8) is 0 Å². The number of thiazole rings is 1. The van der Waals surface area contributed by atoms with Gasteiger partial charge in [-0.05, 0) is 68.7 Å². The maximum atomic E-state index is 15.4. The Kier molecular flexibility index (Phi) is 13.4. The summed E-state index contributed by atoms with van der Waals surface area (Å²) in [6, 6.07) is 6.43. The number of hydrazine groups is 1. The minimum absolute atomic E-state index is 0.00555. The first-order valence-corrected chi connectivity index (χ1v) is 27.5. The summed E-state index contributed by atoms with van der Waals surface area (Å²) in [7, 11) is 1.73. The van der Waals surface area contributed by atoms with Gasteiger partial charge >= 0.3 is 5.97 Å². The van der Waals surface area contributed by atoms with E-state index in [4.69, 9.17) is 38.4 Å². The lowest BCUT2D eigenvalue weighted by Crippen LogP contribution is -2.74. The van der Waals surface area contributed by atoms with Gasteiger partial charge in [-0.3, -0.25) is 29.3 Å². The highest BCUT2D eigenvalue weighted by Crippen LogP contribution is 2.48. The van der Waals surface area contributed by atoms with Crippen LogP contribution in [0.2, 0.25) is 0 Å². The number of methoxy groups -OCH3 is 1. The molecule has 18 nitrogen and oxygen atoms in total. The van der Waals surface area contributed by atoms with E-state index >= 15 is 4.79 Å². The molecule has 8 fully saturated rings. The SMILES string of the molecule is CO[C@@H](C)c1ncc(N2CCNCC2)cc1-c1c2c3cc(ccc3n1CCOC1CCOCC1)-c1csc(n1)[C@@H](N1CC3(COC3)C1)[C@H](NC(=O)[C@@H]1OC[C@@H]1C)C(=O)N1N[C@H](C(=O)OCC(C)(C)C2)C2CC1C2. The van der Waals surface area contributed by atoms with Crippen molar-refractivity contribution in [2.24, 2.45) is 22.7 Å². The minimum atomic E-state index is -1.02. The number of nitrogens with one attached hydrogen (secondary N) is 3. The summed E-state index contributed by atoms with van der Waals surface area (Å²) in [4.78, 5) is 59.4. The van der Waals surface area contributed by atoms with Crippen molar-refractivity contribution in [1.29, 1.82) is 0 Å². The van der Waals surface area contributed by atoms with Crippen molar-refractivity contribution < 1.29 is 42.8 Å². The Morgan fingerprint density at radius 2 is 1.85 bits per heavy atom. The van der Waals surface area contributed by atoms with Gasteiger partial charge in [-0.15, -0.1) is 11.3 Å². The molecule has 392 valence electrons. The number of carbonyl (C=O) groups excluding carboxylic acids is 3. The second-order valence-electron chi connectivity index (χ2n) is 22.9. The Morgan fingerprint density at radius 3 is 2.56 bits per heavy atom. The number of hydrogen-bond acceptors (Lipinski definition) is 16. The van der Waals surface area contributed by atoms with Crippen LogP contribution in [0, 0.1) is 22.7 Å². The van der Waals surface area contributed by atoms with Gasteiger partial charge in [-0.2, -0.15) is 0 Å². The number of amides is 2. The van der Waals surface area contributed by atoms with E-state index in [2.05, 4.69) is 80.8 Å². The molecule has 1 saturated carbocycles. The van der Waals surface area contributed by atoms with E-state index in [0.29, 0.717) is 78.5 Å². The Hall–Kier alpha value is -4.57. The second kappa shape index (κ2) is 19.9. The van der Waals surface area contributed by atoms with Crippen molar-refractivity contribution >= 4 is 45.7 Å². The van der Waals surface area contributed by atoms with Crippen molar-refractivity contribution in [2.45, 2.75) is 109 Å². The molecule has 19 heteroatoms. The third kappa shape index (κ3) is 9.27. The molecule has 8 bridgehead atoms. The van der Waals surface area contributed by atoms with Crippen LogP contribution in [0.25, 0.3) is 33.4 Å². The Bertz CT molecular complexity index is 2720. The number of piperazine rings is 1. The van der Waals surface area contributed by atoms with E-state index in [1.807, 2.05) is 13.1 Å². The van der Waals surface area contributed by atoms with Gasteiger partial charge in [-0.1, -0.05) is 26.8 Å². The zero-order valence-electron chi connectivity index (χ0n) is 42.9. The van der Waals surface area contributed by atoms with Crippen molar-refractivity contribution in [3.8, 4) is 22.5 Å². The third-order valence-electron chi connectivity index (χ3n) is 17.0. The van der Waals surface area contributed by atoms with Crippen LogP contribution >= 0.6 is 11.3 Å². The molecule has 3 N–H and O–H groups in total. The number of rotatable bonds is 11. The number of cyclic esters (lactones) is 1. The first kappa shape index (κ1) is 49.3. The first-order valence-electron chi connectivity index (χ1n) is 26.6. The lowest BCUT2D eigenvalue weighted by Gasteiger charge is -2.58. The highest BCUT2D eigenvalue weighted by molar-refractivity contribution is 7.10. The topological polar surface area (TPSA) is 183 Å². The van der Waals surface area contributed by atoms with Gasteiger partial charge in [0, 0.05) is 116 Å². The van der Waals surface area contributed by atoms with Crippen LogP contribution in [0.3, 0.4) is 0 Å². The Morgan fingerprint density at radius 1 is 1.05 bits per heavy atom. The molecule has 1 spiro atoms. The molecule has 8 aliphatic heterocycles. The van der Waals surface area contributed by atoms with Crippen LogP contribution in [-0.2, 0) is 55.8 Å². The number of hydrogen-bond donors (Lipinski definition) is 3. The molecule has 1 aliphatic carbocycles. The first-order chi connectivity index (χ1) is 35.4. The number of carbonyl (C=O) groups is 3. The fraction of sp³-hybridized carbons (Fsp3) is 0.648. The highest BCUT2D eigenvalue weighted by atomic mass is 32.1. The number of benzene rings is 1. The summed E-state index contributed by atoms with van der Waals surface area (Å²) in [6.07, 6.45) is 4.74. The smallest absolute Gasteiger partial charge is 0.325 e. The molecule has 0 radical (unpaired) electrons. The normalized spacial score (nSPS) is 29.6. The summed E-state index contributed by atoms with van der Waals surface area (Å²) < 4.78 is 38.7. The molecule has 7 saturated heterocycles. The number of ether oxygens (including phenoxy) is 6. The van der Waals surface area contributed by atoms with Crippen LogP contribution in [-0.4, -0.2) is 165 Å².